The van der Waals surface area contributed by atoms with Crippen molar-refractivity contribution in [3.05, 3.63) is 58.1 Å². The minimum Gasteiger partial charge on any atom is -0.507 e. The third-order valence-corrected chi connectivity index (χ3v) is 3.27. The van der Waals surface area contributed by atoms with Gasteiger partial charge in [0.2, 0.25) is 0 Å². The molecule has 0 saturated carbocycles. The largest absolute Gasteiger partial charge is 0.507 e. The first-order valence-corrected chi connectivity index (χ1v) is 6.57. The molecular formula is C15H13BrO3. The first-order chi connectivity index (χ1) is 9.08. The Labute approximate surface area is 120 Å². The van der Waals surface area contributed by atoms with Crippen LogP contribution < -0.4 is 4.74 Å². The average Bonchev–Trinajstić information content (AvgIpc) is 2.36. The van der Waals surface area contributed by atoms with Gasteiger partial charge in [-0.3, -0.25) is 4.79 Å². The van der Waals surface area contributed by atoms with E-state index in [0.717, 1.165) is 5.56 Å². The highest BCUT2D eigenvalue weighted by atomic mass is 79.9. The molecule has 0 spiro atoms. The minimum atomic E-state index is -0.195. The molecule has 0 radical (unpaired) electrons. The zero-order valence-corrected chi connectivity index (χ0v) is 12.0. The van der Waals surface area contributed by atoms with Crippen molar-refractivity contribution >= 4 is 21.7 Å². The number of halogens is 1. The Morgan fingerprint density at radius 1 is 1.26 bits per heavy atom. The zero-order chi connectivity index (χ0) is 13.8. The second-order valence-electron chi connectivity index (χ2n) is 4.13. The number of phenolic OH excluding ortho intramolecular Hbond substituents is 1. The molecule has 1 N–H and O–H groups in total. The highest BCUT2D eigenvalue weighted by Crippen LogP contribution is 2.32. The lowest BCUT2D eigenvalue weighted by Crippen LogP contribution is -1.98. The van der Waals surface area contributed by atoms with E-state index in [1.54, 1.807) is 6.07 Å². The molecule has 0 heterocycles. The van der Waals surface area contributed by atoms with Gasteiger partial charge in [-0.25, -0.2) is 0 Å². The van der Waals surface area contributed by atoms with Crippen molar-refractivity contribution in [1.82, 2.24) is 0 Å². The Hall–Kier alpha value is -1.81. The normalized spacial score (nSPS) is 10.2. The van der Waals surface area contributed by atoms with Gasteiger partial charge in [0.15, 0.2) is 5.78 Å². The summed E-state index contributed by atoms with van der Waals surface area (Å²) in [5.41, 5.74) is 1.31. The first-order valence-electron chi connectivity index (χ1n) is 5.78. The van der Waals surface area contributed by atoms with Crippen LogP contribution in [0.3, 0.4) is 0 Å². The van der Waals surface area contributed by atoms with Crippen LogP contribution >= 0.6 is 15.9 Å². The van der Waals surface area contributed by atoms with Gasteiger partial charge in [-0.2, -0.15) is 0 Å². The van der Waals surface area contributed by atoms with Crippen LogP contribution in [-0.2, 0) is 6.61 Å². The number of ether oxygens (including phenoxy) is 1. The summed E-state index contributed by atoms with van der Waals surface area (Å²) in [4.78, 5) is 11.3. The fourth-order valence-electron chi connectivity index (χ4n) is 1.74. The fourth-order valence-corrected chi connectivity index (χ4v) is 2.45. The molecule has 0 amide bonds. The number of ketones is 1. The summed E-state index contributed by atoms with van der Waals surface area (Å²) in [6, 6.07) is 12.9. The molecule has 0 atom stereocenters. The number of phenols is 1. The van der Waals surface area contributed by atoms with Crippen molar-refractivity contribution in [3.63, 3.8) is 0 Å². The first kappa shape index (κ1) is 13.6. The van der Waals surface area contributed by atoms with Crippen molar-refractivity contribution in [3.8, 4) is 11.5 Å². The molecule has 4 heteroatoms. The Kier molecular flexibility index (Phi) is 4.22. The number of carbonyl (C=O) groups excluding carboxylic acids is 1. The Morgan fingerprint density at radius 3 is 2.53 bits per heavy atom. The standard InChI is InChI=1S/C15H13BrO3/c1-10(17)15-13(16)7-12(8-14(15)18)19-9-11-5-3-2-4-6-11/h2-8,18H,9H2,1H3. The molecule has 0 bridgehead atoms. The van der Waals surface area contributed by atoms with E-state index in [1.807, 2.05) is 30.3 Å². The van der Waals surface area contributed by atoms with Crippen LogP contribution in [0.4, 0.5) is 0 Å². The zero-order valence-electron chi connectivity index (χ0n) is 10.4. The summed E-state index contributed by atoms with van der Waals surface area (Å²) in [7, 11) is 0. The summed E-state index contributed by atoms with van der Waals surface area (Å²) >= 11 is 3.26. The number of Topliss-reactive ketones (excluding diaryl/α,β-unsaturated/α-hetero) is 1. The van der Waals surface area contributed by atoms with Gasteiger partial charge < -0.3 is 9.84 Å². The predicted octanol–water partition coefficient (Wildman–Crippen LogP) is 3.94. The second kappa shape index (κ2) is 5.89. The maximum atomic E-state index is 11.3. The second-order valence-corrected chi connectivity index (χ2v) is 4.98. The van der Waals surface area contributed by atoms with Crippen molar-refractivity contribution in [1.29, 1.82) is 0 Å². The summed E-state index contributed by atoms with van der Waals surface area (Å²) < 4.78 is 6.12. The van der Waals surface area contributed by atoms with E-state index in [1.165, 1.54) is 13.0 Å². The van der Waals surface area contributed by atoms with Crippen LogP contribution in [0.5, 0.6) is 11.5 Å². The molecular weight excluding hydrogens is 308 g/mol. The molecule has 0 aliphatic heterocycles. The van der Waals surface area contributed by atoms with E-state index in [9.17, 15) is 9.90 Å². The molecule has 2 aromatic rings. The van der Waals surface area contributed by atoms with Crippen molar-refractivity contribution in [2.45, 2.75) is 13.5 Å². The van der Waals surface area contributed by atoms with Crippen molar-refractivity contribution in [2.75, 3.05) is 0 Å². The number of rotatable bonds is 4. The highest BCUT2D eigenvalue weighted by Gasteiger charge is 2.13. The van der Waals surface area contributed by atoms with Crippen LogP contribution in [-0.4, -0.2) is 10.9 Å². The van der Waals surface area contributed by atoms with Gasteiger partial charge in [0.1, 0.15) is 18.1 Å². The third kappa shape index (κ3) is 3.35. The Morgan fingerprint density at radius 2 is 1.95 bits per heavy atom. The quantitative estimate of drug-likeness (QED) is 0.868. The molecule has 3 nitrogen and oxygen atoms in total. The number of hydrogen-bond donors (Lipinski definition) is 1. The molecule has 19 heavy (non-hydrogen) atoms. The van der Waals surface area contributed by atoms with E-state index in [4.69, 9.17) is 4.74 Å². The number of aromatic hydroxyl groups is 1. The third-order valence-electron chi connectivity index (χ3n) is 2.64. The SMILES string of the molecule is CC(=O)c1c(O)cc(OCc2ccccc2)cc1Br. The van der Waals surface area contributed by atoms with Gasteiger partial charge in [-0.15, -0.1) is 0 Å². The van der Waals surface area contributed by atoms with Gasteiger partial charge in [-0.05, 0) is 34.5 Å². The number of carbonyl (C=O) groups is 1. The number of benzene rings is 2. The van der Waals surface area contributed by atoms with E-state index in [2.05, 4.69) is 15.9 Å². The van der Waals surface area contributed by atoms with E-state index < -0.39 is 0 Å². The topological polar surface area (TPSA) is 46.5 Å². The van der Waals surface area contributed by atoms with E-state index in [0.29, 0.717) is 16.8 Å². The van der Waals surface area contributed by atoms with Gasteiger partial charge in [0.25, 0.3) is 0 Å². The maximum Gasteiger partial charge on any atom is 0.164 e. The molecule has 0 fully saturated rings. The molecule has 0 unspecified atom stereocenters. The monoisotopic (exact) mass is 320 g/mol. The van der Waals surface area contributed by atoms with Crippen LogP contribution in [0.15, 0.2) is 46.9 Å². The van der Waals surface area contributed by atoms with E-state index in [-0.39, 0.29) is 17.1 Å². The average molecular weight is 321 g/mol. The Bertz CT molecular complexity index is 571. The lowest BCUT2D eigenvalue weighted by atomic mass is 10.1. The van der Waals surface area contributed by atoms with Crippen molar-refractivity contribution < 1.29 is 14.6 Å². The molecule has 0 aliphatic rings. The van der Waals surface area contributed by atoms with E-state index >= 15 is 0 Å². The van der Waals surface area contributed by atoms with Gasteiger partial charge in [0.05, 0.1) is 5.56 Å². The van der Waals surface area contributed by atoms with Crippen LogP contribution in [0.2, 0.25) is 0 Å². The molecule has 2 rings (SSSR count). The molecule has 0 aromatic heterocycles. The van der Waals surface area contributed by atoms with Crippen molar-refractivity contribution in [2.24, 2.45) is 0 Å². The van der Waals surface area contributed by atoms with Crippen LogP contribution in [0.1, 0.15) is 22.8 Å². The fraction of sp³-hybridized carbons (Fsp3) is 0.133. The lowest BCUT2D eigenvalue weighted by molar-refractivity contribution is 0.101. The minimum absolute atomic E-state index is 0.0788. The Balaban J connectivity index is 2.16. The van der Waals surface area contributed by atoms with Gasteiger partial charge >= 0.3 is 0 Å². The number of hydrogen-bond acceptors (Lipinski definition) is 3. The predicted molar refractivity (Wildman–Crippen MR) is 76.6 cm³/mol. The molecule has 0 aliphatic carbocycles. The summed E-state index contributed by atoms with van der Waals surface area (Å²) in [5.74, 6) is 0.238. The summed E-state index contributed by atoms with van der Waals surface area (Å²) in [5, 5.41) is 9.81. The van der Waals surface area contributed by atoms with Crippen LogP contribution in [0.25, 0.3) is 0 Å². The molecule has 0 saturated heterocycles. The maximum absolute atomic E-state index is 11.3. The van der Waals surface area contributed by atoms with Crippen LogP contribution in [0, 0.1) is 0 Å². The lowest BCUT2D eigenvalue weighted by Gasteiger charge is -2.10. The smallest absolute Gasteiger partial charge is 0.164 e. The molecule has 98 valence electrons. The summed E-state index contributed by atoms with van der Waals surface area (Å²) in [6.07, 6.45) is 0. The molecule has 2 aromatic carbocycles. The highest BCUT2D eigenvalue weighted by molar-refractivity contribution is 9.10. The van der Waals surface area contributed by atoms with Gasteiger partial charge in [0, 0.05) is 10.5 Å². The van der Waals surface area contributed by atoms with Gasteiger partial charge in [-0.1, -0.05) is 30.3 Å². The summed E-state index contributed by atoms with van der Waals surface area (Å²) in [6.45, 7) is 1.82.